The van der Waals surface area contributed by atoms with Gasteiger partial charge in [0.25, 0.3) is 0 Å². The van der Waals surface area contributed by atoms with Crippen LogP contribution in [0.4, 0.5) is 0 Å². The van der Waals surface area contributed by atoms with Crippen molar-refractivity contribution >= 4 is 0 Å². The minimum atomic E-state index is 0.722. The fourth-order valence-electron chi connectivity index (χ4n) is 1.20. The molecule has 1 aliphatic rings. The standard InChI is InChI=1S/C8H12N2O/c1-10-4-3-8(11-2)7(5-9)6-10/h3-4,6H2,1-2H3. The van der Waals surface area contributed by atoms with Gasteiger partial charge in [-0.3, -0.25) is 0 Å². The smallest absolute Gasteiger partial charge is 0.112 e. The SMILES string of the molecule is COC1=C(C#N)CN(C)CC1. The van der Waals surface area contributed by atoms with Crippen LogP contribution in [0.1, 0.15) is 6.42 Å². The molecule has 0 aromatic carbocycles. The second-order valence-corrected chi connectivity index (χ2v) is 2.71. The predicted molar refractivity (Wildman–Crippen MR) is 41.8 cm³/mol. The van der Waals surface area contributed by atoms with Crippen LogP contribution in [0.5, 0.6) is 0 Å². The van der Waals surface area contributed by atoms with Crippen molar-refractivity contribution in [1.82, 2.24) is 4.90 Å². The zero-order chi connectivity index (χ0) is 8.27. The molecule has 0 spiro atoms. The van der Waals surface area contributed by atoms with Gasteiger partial charge >= 0.3 is 0 Å². The van der Waals surface area contributed by atoms with E-state index in [0.717, 1.165) is 30.8 Å². The minimum absolute atomic E-state index is 0.722. The Bertz CT molecular complexity index is 215. The lowest BCUT2D eigenvalue weighted by atomic mass is 10.1. The molecule has 0 radical (unpaired) electrons. The van der Waals surface area contributed by atoms with Crippen molar-refractivity contribution in [2.24, 2.45) is 0 Å². The molecule has 0 amide bonds. The highest BCUT2D eigenvalue weighted by Crippen LogP contribution is 2.15. The van der Waals surface area contributed by atoms with Crippen LogP contribution in [-0.4, -0.2) is 32.1 Å². The third kappa shape index (κ3) is 1.72. The summed E-state index contributed by atoms with van der Waals surface area (Å²) in [6.07, 6.45) is 0.857. The first-order valence-corrected chi connectivity index (χ1v) is 3.62. The van der Waals surface area contributed by atoms with E-state index in [9.17, 15) is 0 Å². The Morgan fingerprint density at radius 1 is 1.64 bits per heavy atom. The first-order valence-electron chi connectivity index (χ1n) is 3.62. The topological polar surface area (TPSA) is 36.3 Å². The number of likely N-dealkylation sites (N-methyl/N-ethyl adjacent to an activating group) is 1. The molecule has 0 saturated heterocycles. The van der Waals surface area contributed by atoms with E-state index in [1.807, 2.05) is 7.05 Å². The van der Waals surface area contributed by atoms with Crippen molar-refractivity contribution in [3.63, 3.8) is 0 Å². The molecule has 0 fully saturated rings. The van der Waals surface area contributed by atoms with Crippen LogP contribution in [0.15, 0.2) is 11.3 Å². The highest BCUT2D eigenvalue weighted by Gasteiger charge is 2.15. The molecule has 1 aliphatic heterocycles. The molecule has 0 aliphatic carbocycles. The molecule has 3 heteroatoms. The van der Waals surface area contributed by atoms with Gasteiger partial charge in [0, 0.05) is 19.5 Å². The van der Waals surface area contributed by atoms with Crippen molar-refractivity contribution in [3.8, 4) is 6.07 Å². The third-order valence-electron chi connectivity index (χ3n) is 1.87. The maximum atomic E-state index is 8.70. The largest absolute Gasteiger partial charge is 0.500 e. The number of rotatable bonds is 1. The van der Waals surface area contributed by atoms with Crippen molar-refractivity contribution in [2.75, 3.05) is 27.2 Å². The number of nitriles is 1. The molecule has 0 aromatic heterocycles. The Hall–Kier alpha value is -1.01. The van der Waals surface area contributed by atoms with Crippen LogP contribution >= 0.6 is 0 Å². The van der Waals surface area contributed by atoms with E-state index < -0.39 is 0 Å². The number of ether oxygens (including phenoxy) is 1. The highest BCUT2D eigenvalue weighted by atomic mass is 16.5. The van der Waals surface area contributed by atoms with Crippen LogP contribution in [0.2, 0.25) is 0 Å². The van der Waals surface area contributed by atoms with Gasteiger partial charge in [-0.2, -0.15) is 5.26 Å². The molecule has 0 bridgehead atoms. The number of hydrogen-bond donors (Lipinski definition) is 0. The van der Waals surface area contributed by atoms with Crippen molar-refractivity contribution in [1.29, 1.82) is 5.26 Å². The van der Waals surface area contributed by atoms with E-state index in [1.165, 1.54) is 0 Å². The van der Waals surface area contributed by atoms with Crippen molar-refractivity contribution < 1.29 is 4.74 Å². The lowest BCUT2D eigenvalue weighted by Gasteiger charge is -2.23. The first-order chi connectivity index (χ1) is 5.27. The molecule has 1 heterocycles. The van der Waals surface area contributed by atoms with E-state index >= 15 is 0 Å². The third-order valence-corrected chi connectivity index (χ3v) is 1.87. The Morgan fingerprint density at radius 2 is 2.36 bits per heavy atom. The summed E-state index contributed by atoms with van der Waals surface area (Å²) in [7, 11) is 3.63. The van der Waals surface area contributed by atoms with E-state index in [4.69, 9.17) is 10.00 Å². The fraction of sp³-hybridized carbons (Fsp3) is 0.625. The van der Waals surface area contributed by atoms with E-state index in [-0.39, 0.29) is 0 Å². The maximum Gasteiger partial charge on any atom is 0.112 e. The second-order valence-electron chi connectivity index (χ2n) is 2.71. The Morgan fingerprint density at radius 3 is 2.91 bits per heavy atom. The summed E-state index contributed by atoms with van der Waals surface area (Å²) in [5, 5.41) is 8.70. The fourth-order valence-corrected chi connectivity index (χ4v) is 1.20. The van der Waals surface area contributed by atoms with Gasteiger partial charge in [0.2, 0.25) is 0 Å². The Kier molecular flexibility index (Phi) is 2.50. The summed E-state index contributed by atoms with van der Waals surface area (Å²) in [5.74, 6) is 0.852. The zero-order valence-electron chi connectivity index (χ0n) is 6.92. The summed E-state index contributed by atoms with van der Waals surface area (Å²) in [4.78, 5) is 2.11. The van der Waals surface area contributed by atoms with Gasteiger partial charge in [-0.05, 0) is 7.05 Å². The summed E-state index contributed by atoms with van der Waals surface area (Å²) in [6.45, 7) is 1.70. The number of methoxy groups -OCH3 is 1. The zero-order valence-corrected chi connectivity index (χ0v) is 6.92. The Labute approximate surface area is 66.9 Å². The van der Waals surface area contributed by atoms with Crippen molar-refractivity contribution in [2.45, 2.75) is 6.42 Å². The summed E-state index contributed by atoms with van der Waals surface area (Å²) in [5.41, 5.74) is 0.765. The van der Waals surface area contributed by atoms with E-state index in [1.54, 1.807) is 7.11 Å². The normalized spacial score (nSPS) is 19.7. The minimum Gasteiger partial charge on any atom is -0.500 e. The molecule has 0 atom stereocenters. The average Bonchev–Trinajstić information content (AvgIpc) is 2.04. The highest BCUT2D eigenvalue weighted by molar-refractivity contribution is 5.28. The first kappa shape index (κ1) is 8.09. The molecule has 3 nitrogen and oxygen atoms in total. The van der Waals surface area contributed by atoms with E-state index in [0.29, 0.717) is 0 Å². The summed E-state index contributed by atoms with van der Waals surface area (Å²) >= 11 is 0. The summed E-state index contributed by atoms with van der Waals surface area (Å²) in [6, 6.07) is 2.15. The van der Waals surface area contributed by atoms with Gasteiger partial charge in [0.15, 0.2) is 0 Å². The average molecular weight is 152 g/mol. The number of hydrogen-bond acceptors (Lipinski definition) is 3. The molecule has 0 aromatic rings. The quantitative estimate of drug-likeness (QED) is 0.556. The second kappa shape index (κ2) is 3.40. The molecule has 11 heavy (non-hydrogen) atoms. The molecule has 0 unspecified atom stereocenters. The van der Waals surface area contributed by atoms with Gasteiger partial charge in [-0.15, -0.1) is 0 Å². The van der Waals surface area contributed by atoms with E-state index in [2.05, 4.69) is 11.0 Å². The molecule has 0 saturated carbocycles. The van der Waals surface area contributed by atoms with Gasteiger partial charge in [-0.1, -0.05) is 0 Å². The molecular weight excluding hydrogens is 140 g/mol. The van der Waals surface area contributed by atoms with Crippen LogP contribution in [0.3, 0.4) is 0 Å². The summed E-state index contributed by atoms with van der Waals surface area (Å²) < 4.78 is 5.07. The molecule has 60 valence electrons. The van der Waals surface area contributed by atoms with Gasteiger partial charge in [-0.25, -0.2) is 0 Å². The van der Waals surface area contributed by atoms with Crippen LogP contribution in [0, 0.1) is 11.3 Å². The Balaban J connectivity index is 2.77. The maximum absolute atomic E-state index is 8.70. The lowest BCUT2D eigenvalue weighted by molar-refractivity contribution is 0.232. The van der Waals surface area contributed by atoms with Gasteiger partial charge in [0.05, 0.1) is 18.8 Å². The molecular formula is C8H12N2O. The predicted octanol–water partition coefficient (Wildman–Crippen LogP) is 0.746. The molecule has 1 rings (SSSR count). The number of nitrogens with zero attached hydrogens (tertiary/aromatic N) is 2. The van der Waals surface area contributed by atoms with Gasteiger partial charge in [0.1, 0.15) is 5.76 Å². The lowest BCUT2D eigenvalue weighted by Crippen LogP contribution is -2.27. The van der Waals surface area contributed by atoms with Crippen LogP contribution in [-0.2, 0) is 4.74 Å². The monoisotopic (exact) mass is 152 g/mol. The van der Waals surface area contributed by atoms with Crippen molar-refractivity contribution in [3.05, 3.63) is 11.3 Å². The van der Waals surface area contributed by atoms with Crippen LogP contribution in [0.25, 0.3) is 0 Å². The van der Waals surface area contributed by atoms with Crippen LogP contribution < -0.4 is 0 Å². The molecule has 0 N–H and O–H groups in total. The van der Waals surface area contributed by atoms with Gasteiger partial charge < -0.3 is 9.64 Å².